The van der Waals surface area contributed by atoms with E-state index in [0.717, 1.165) is 5.75 Å². The molecule has 0 amide bonds. The van der Waals surface area contributed by atoms with Gasteiger partial charge in [-0.3, -0.25) is 0 Å². The molecule has 0 aromatic heterocycles. The van der Waals surface area contributed by atoms with E-state index >= 15 is 0 Å². The van der Waals surface area contributed by atoms with Gasteiger partial charge >= 0.3 is 0 Å². The quantitative estimate of drug-likeness (QED) is 0.533. The third-order valence-electron chi connectivity index (χ3n) is 2.04. The first-order valence-corrected chi connectivity index (χ1v) is 5.01. The molecule has 1 aromatic rings. The van der Waals surface area contributed by atoms with Crippen molar-refractivity contribution >= 4 is 0 Å². The number of hydrogen-bond donors (Lipinski definition) is 0. The minimum absolute atomic E-state index is 0.510. The van der Waals surface area contributed by atoms with Crippen LogP contribution in [0.25, 0.3) is 0 Å². The second-order valence-corrected chi connectivity index (χ2v) is 3.61. The lowest BCUT2D eigenvalue weighted by Gasteiger charge is -2.23. The zero-order valence-corrected chi connectivity index (χ0v) is 9.53. The topological polar surface area (TPSA) is 27.7 Å². The molecule has 15 heavy (non-hydrogen) atoms. The van der Waals surface area contributed by atoms with Crippen LogP contribution in [0.15, 0.2) is 30.3 Å². The molecule has 0 heterocycles. The summed E-state index contributed by atoms with van der Waals surface area (Å²) in [6.45, 7) is 4.78. The van der Waals surface area contributed by atoms with Crippen LogP contribution in [-0.2, 0) is 9.47 Å². The van der Waals surface area contributed by atoms with E-state index in [9.17, 15) is 0 Å². The van der Waals surface area contributed by atoms with Crippen LogP contribution in [0.4, 0.5) is 0 Å². The van der Waals surface area contributed by atoms with Gasteiger partial charge in [0.1, 0.15) is 12.4 Å². The fraction of sp³-hybridized carbons (Fsp3) is 0.500. The zero-order valence-electron chi connectivity index (χ0n) is 9.53. The summed E-state index contributed by atoms with van der Waals surface area (Å²) in [6.07, 6.45) is 0. The Hall–Kier alpha value is -1.06. The van der Waals surface area contributed by atoms with E-state index in [-0.39, 0.29) is 0 Å². The number of methoxy groups -OCH3 is 1. The summed E-state index contributed by atoms with van der Waals surface area (Å²) in [5, 5.41) is 0. The Morgan fingerprint density at radius 3 is 2.33 bits per heavy atom. The number of benzene rings is 1. The predicted molar refractivity (Wildman–Crippen MR) is 59.0 cm³/mol. The molecule has 1 rings (SSSR count). The molecule has 1 aromatic carbocycles. The molecule has 0 bridgehead atoms. The standard InChI is InChI=1S/C12H18O3/c1-12(2,13-3)15-10-9-14-11-7-5-4-6-8-11/h4-8H,9-10H2,1-3H3. The first-order chi connectivity index (χ1) is 7.14. The molecule has 84 valence electrons. The number of para-hydroxylation sites is 1. The molecule has 0 aliphatic heterocycles. The maximum atomic E-state index is 5.47. The largest absolute Gasteiger partial charge is 0.491 e. The van der Waals surface area contributed by atoms with Gasteiger partial charge < -0.3 is 14.2 Å². The first-order valence-electron chi connectivity index (χ1n) is 5.01. The molecule has 0 saturated carbocycles. The minimum Gasteiger partial charge on any atom is -0.491 e. The number of ether oxygens (including phenoxy) is 3. The summed E-state index contributed by atoms with van der Waals surface area (Å²) in [4.78, 5) is 0. The Kier molecular flexibility index (Phi) is 4.59. The Bertz CT molecular complexity index is 269. The van der Waals surface area contributed by atoms with Crippen molar-refractivity contribution in [1.82, 2.24) is 0 Å². The lowest BCUT2D eigenvalue weighted by molar-refractivity contribution is -0.199. The summed E-state index contributed by atoms with van der Waals surface area (Å²) in [6, 6.07) is 9.67. The van der Waals surface area contributed by atoms with Gasteiger partial charge in [0.25, 0.3) is 0 Å². The van der Waals surface area contributed by atoms with Gasteiger partial charge in [0.05, 0.1) is 6.61 Å². The van der Waals surface area contributed by atoms with E-state index in [1.807, 2.05) is 44.2 Å². The molecule has 3 nitrogen and oxygen atoms in total. The Balaban J connectivity index is 2.18. The second-order valence-electron chi connectivity index (χ2n) is 3.61. The van der Waals surface area contributed by atoms with Crippen molar-refractivity contribution in [2.75, 3.05) is 20.3 Å². The summed E-state index contributed by atoms with van der Waals surface area (Å²) in [5.74, 6) is 0.316. The highest BCUT2D eigenvalue weighted by Crippen LogP contribution is 2.10. The molecule has 0 saturated heterocycles. The Morgan fingerprint density at radius 1 is 1.07 bits per heavy atom. The zero-order chi connectivity index (χ0) is 11.1. The Morgan fingerprint density at radius 2 is 1.73 bits per heavy atom. The van der Waals surface area contributed by atoms with Crippen molar-refractivity contribution in [2.45, 2.75) is 19.6 Å². The van der Waals surface area contributed by atoms with Crippen molar-refractivity contribution in [3.8, 4) is 5.75 Å². The van der Waals surface area contributed by atoms with Crippen LogP contribution in [-0.4, -0.2) is 26.1 Å². The van der Waals surface area contributed by atoms with E-state index in [1.165, 1.54) is 0 Å². The predicted octanol–water partition coefficient (Wildman–Crippen LogP) is 2.46. The Labute approximate surface area is 91.0 Å². The van der Waals surface area contributed by atoms with Crippen molar-refractivity contribution in [3.63, 3.8) is 0 Å². The van der Waals surface area contributed by atoms with E-state index in [2.05, 4.69) is 0 Å². The summed E-state index contributed by atoms with van der Waals surface area (Å²) < 4.78 is 16.0. The van der Waals surface area contributed by atoms with Crippen LogP contribution in [0.1, 0.15) is 13.8 Å². The van der Waals surface area contributed by atoms with Crippen molar-refractivity contribution in [3.05, 3.63) is 30.3 Å². The van der Waals surface area contributed by atoms with Gasteiger partial charge in [-0.25, -0.2) is 0 Å². The normalized spacial score (nSPS) is 11.4. The third kappa shape index (κ3) is 4.81. The van der Waals surface area contributed by atoms with Crippen molar-refractivity contribution < 1.29 is 14.2 Å². The average molecular weight is 210 g/mol. The molecule has 0 aliphatic carbocycles. The van der Waals surface area contributed by atoms with Crippen LogP contribution in [0, 0.1) is 0 Å². The average Bonchev–Trinajstić information content (AvgIpc) is 2.26. The van der Waals surface area contributed by atoms with Gasteiger partial charge in [0.15, 0.2) is 5.79 Å². The fourth-order valence-electron chi connectivity index (χ4n) is 1.02. The van der Waals surface area contributed by atoms with E-state index < -0.39 is 5.79 Å². The summed E-state index contributed by atoms with van der Waals surface area (Å²) >= 11 is 0. The molecule has 0 spiro atoms. The van der Waals surface area contributed by atoms with Crippen LogP contribution in [0.2, 0.25) is 0 Å². The van der Waals surface area contributed by atoms with Gasteiger partial charge in [-0.2, -0.15) is 0 Å². The van der Waals surface area contributed by atoms with E-state index in [1.54, 1.807) is 7.11 Å². The number of rotatable bonds is 6. The molecule has 0 radical (unpaired) electrons. The maximum absolute atomic E-state index is 5.47. The molecular formula is C12H18O3. The molecule has 0 aliphatic rings. The first kappa shape index (κ1) is 12.0. The van der Waals surface area contributed by atoms with Crippen LogP contribution in [0.3, 0.4) is 0 Å². The lowest BCUT2D eigenvalue weighted by atomic mass is 10.3. The van der Waals surface area contributed by atoms with Crippen LogP contribution in [0.5, 0.6) is 5.75 Å². The van der Waals surface area contributed by atoms with Crippen molar-refractivity contribution in [1.29, 1.82) is 0 Å². The molecule has 0 unspecified atom stereocenters. The highest BCUT2D eigenvalue weighted by Gasteiger charge is 2.15. The second kappa shape index (κ2) is 5.73. The molecule has 3 heteroatoms. The van der Waals surface area contributed by atoms with Gasteiger partial charge in [-0.1, -0.05) is 18.2 Å². The number of hydrogen-bond acceptors (Lipinski definition) is 3. The third-order valence-corrected chi connectivity index (χ3v) is 2.04. The van der Waals surface area contributed by atoms with Gasteiger partial charge in [0, 0.05) is 7.11 Å². The van der Waals surface area contributed by atoms with Gasteiger partial charge in [-0.05, 0) is 26.0 Å². The fourth-order valence-corrected chi connectivity index (χ4v) is 1.02. The molecule has 0 atom stereocenters. The summed E-state index contributed by atoms with van der Waals surface area (Å²) in [5.41, 5.74) is 0. The monoisotopic (exact) mass is 210 g/mol. The molecule has 0 fully saturated rings. The highest BCUT2D eigenvalue weighted by molar-refractivity contribution is 5.20. The SMILES string of the molecule is COC(C)(C)OCCOc1ccccc1. The highest BCUT2D eigenvalue weighted by atomic mass is 16.7. The van der Waals surface area contributed by atoms with Crippen molar-refractivity contribution in [2.24, 2.45) is 0 Å². The molecule has 0 N–H and O–H groups in total. The van der Waals surface area contributed by atoms with E-state index in [4.69, 9.17) is 14.2 Å². The minimum atomic E-state index is -0.542. The van der Waals surface area contributed by atoms with Gasteiger partial charge in [0.2, 0.25) is 0 Å². The maximum Gasteiger partial charge on any atom is 0.162 e. The van der Waals surface area contributed by atoms with Gasteiger partial charge in [-0.15, -0.1) is 0 Å². The van der Waals surface area contributed by atoms with E-state index in [0.29, 0.717) is 13.2 Å². The summed E-state index contributed by atoms with van der Waals surface area (Å²) in [7, 11) is 1.62. The molecular weight excluding hydrogens is 192 g/mol. The van der Waals surface area contributed by atoms with Crippen LogP contribution >= 0.6 is 0 Å². The lowest BCUT2D eigenvalue weighted by Crippen LogP contribution is -2.28. The van der Waals surface area contributed by atoms with Crippen LogP contribution < -0.4 is 4.74 Å². The smallest absolute Gasteiger partial charge is 0.162 e.